The molecule has 0 fully saturated rings. The van der Waals surface area contributed by atoms with Crippen LogP contribution in [0.25, 0.3) is 0 Å². The van der Waals surface area contributed by atoms with Crippen LogP contribution < -0.4 is 0 Å². The predicted octanol–water partition coefficient (Wildman–Crippen LogP) is 2.62. The van der Waals surface area contributed by atoms with Crippen LogP contribution in [0.3, 0.4) is 0 Å². The summed E-state index contributed by atoms with van der Waals surface area (Å²) in [5.41, 5.74) is 1.15. The fourth-order valence-electron chi connectivity index (χ4n) is 1.67. The van der Waals surface area contributed by atoms with E-state index in [0.717, 1.165) is 17.2 Å². The Balaban J connectivity index is 0.00000128. The van der Waals surface area contributed by atoms with Crippen LogP contribution in [-0.4, -0.2) is 33.4 Å². The number of hydrazone groups is 1. The first kappa shape index (κ1) is 13.3. The summed E-state index contributed by atoms with van der Waals surface area (Å²) >= 11 is 1.83. The minimum absolute atomic E-state index is 0. The highest BCUT2D eigenvalue weighted by Crippen LogP contribution is 2.32. The molecule has 0 saturated carbocycles. The lowest BCUT2D eigenvalue weighted by molar-refractivity contribution is 0.323. The Morgan fingerprint density at radius 2 is 1.94 bits per heavy atom. The molecule has 0 bridgehead atoms. The molecule has 5 heteroatoms. The fourth-order valence-corrected chi connectivity index (χ4v) is 2.88. The Morgan fingerprint density at radius 3 is 2.50 bits per heavy atom. The Morgan fingerprint density at radius 1 is 1.31 bits per heavy atom. The molecule has 1 aliphatic rings. The minimum Gasteiger partial charge on any atom is -0.298 e. The standard InChI is InChI=1S/C11H15N3S.ClH/c1-11(2)8-14(3)13-10(15-11)9-4-6-12-7-5-9;/h4-7H,8H2,1-3H3;1H. The van der Waals surface area contributed by atoms with E-state index < -0.39 is 0 Å². The predicted molar refractivity (Wildman–Crippen MR) is 72.3 cm³/mol. The quantitative estimate of drug-likeness (QED) is 0.774. The molecular formula is C11H16ClN3S. The fraction of sp³-hybridized carbons (Fsp3) is 0.455. The molecule has 0 aromatic carbocycles. The van der Waals surface area contributed by atoms with E-state index in [4.69, 9.17) is 0 Å². The molecule has 0 N–H and O–H groups in total. The topological polar surface area (TPSA) is 28.5 Å². The highest BCUT2D eigenvalue weighted by Gasteiger charge is 2.28. The van der Waals surface area contributed by atoms with Gasteiger partial charge in [0.15, 0.2) is 0 Å². The van der Waals surface area contributed by atoms with E-state index in [1.54, 1.807) is 12.4 Å². The molecule has 1 aliphatic heterocycles. The van der Waals surface area contributed by atoms with Crippen molar-refractivity contribution in [2.75, 3.05) is 13.6 Å². The van der Waals surface area contributed by atoms with Gasteiger partial charge in [-0.2, -0.15) is 5.10 Å². The third kappa shape index (κ3) is 3.12. The summed E-state index contributed by atoms with van der Waals surface area (Å²) in [6.07, 6.45) is 3.61. The Bertz CT molecular complexity index is 378. The molecule has 0 spiro atoms. The van der Waals surface area contributed by atoms with Crippen molar-refractivity contribution in [2.45, 2.75) is 18.6 Å². The maximum atomic E-state index is 4.53. The Kier molecular flexibility index (Phi) is 4.21. The molecule has 1 aromatic rings. The first-order valence-electron chi connectivity index (χ1n) is 4.96. The average molecular weight is 258 g/mol. The summed E-state index contributed by atoms with van der Waals surface area (Å²) in [6, 6.07) is 4.00. The summed E-state index contributed by atoms with van der Waals surface area (Å²) in [4.78, 5) is 4.02. The summed E-state index contributed by atoms with van der Waals surface area (Å²) in [5, 5.41) is 7.62. The maximum absolute atomic E-state index is 4.53. The number of pyridine rings is 1. The molecule has 16 heavy (non-hydrogen) atoms. The smallest absolute Gasteiger partial charge is 0.124 e. The van der Waals surface area contributed by atoms with Crippen LogP contribution in [0.5, 0.6) is 0 Å². The molecule has 88 valence electrons. The molecule has 0 aliphatic carbocycles. The van der Waals surface area contributed by atoms with Gasteiger partial charge in [-0.3, -0.25) is 9.99 Å². The molecular weight excluding hydrogens is 242 g/mol. The average Bonchev–Trinajstić information content (AvgIpc) is 2.16. The SMILES string of the molecule is CN1CC(C)(C)SC(c2ccncc2)=N1.Cl. The number of rotatable bonds is 1. The van der Waals surface area contributed by atoms with Crippen molar-refractivity contribution in [3.05, 3.63) is 30.1 Å². The number of hydrogen-bond acceptors (Lipinski definition) is 4. The van der Waals surface area contributed by atoms with Gasteiger partial charge in [-0.25, -0.2) is 0 Å². The zero-order chi connectivity index (χ0) is 10.9. The van der Waals surface area contributed by atoms with Gasteiger partial charge in [0.1, 0.15) is 5.04 Å². The lowest BCUT2D eigenvalue weighted by Crippen LogP contribution is -2.36. The van der Waals surface area contributed by atoms with E-state index in [1.807, 2.05) is 36.0 Å². The van der Waals surface area contributed by atoms with Gasteiger partial charge in [0.25, 0.3) is 0 Å². The second-order valence-electron chi connectivity index (χ2n) is 4.32. The van der Waals surface area contributed by atoms with E-state index in [-0.39, 0.29) is 17.2 Å². The molecule has 2 rings (SSSR count). The first-order chi connectivity index (χ1) is 7.07. The van der Waals surface area contributed by atoms with Crippen LogP contribution in [0.15, 0.2) is 29.6 Å². The van der Waals surface area contributed by atoms with Crippen LogP contribution in [0.4, 0.5) is 0 Å². The van der Waals surface area contributed by atoms with E-state index in [2.05, 4.69) is 23.9 Å². The van der Waals surface area contributed by atoms with E-state index in [9.17, 15) is 0 Å². The van der Waals surface area contributed by atoms with Crippen molar-refractivity contribution < 1.29 is 0 Å². The minimum atomic E-state index is 0. The van der Waals surface area contributed by atoms with Gasteiger partial charge in [-0.1, -0.05) is 11.8 Å². The Labute approximate surface area is 107 Å². The van der Waals surface area contributed by atoms with Crippen molar-refractivity contribution in [1.29, 1.82) is 0 Å². The first-order valence-corrected chi connectivity index (χ1v) is 5.78. The van der Waals surface area contributed by atoms with Crippen molar-refractivity contribution in [1.82, 2.24) is 9.99 Å². The molecule has 1 aromatic heterocycles. The summed E-state index contributed by atoms with van der Waals surface area (Å²) in [7, 11) is 2.02. The molecule has 2 heterocycles. The summed E-state index contributed by atoms with van der Waals surface area (Å²) in [5.74, 6) is 0. The normalized spacial score (nSPS) is 18.7. The molecule has 0 atom stereocenters. The number of thioether (sulfide) groups is 1. The zero-order valence-corrected chi connectivity index (χ0v) is 11.3. The second-order valence-corrected chi connectivity index (χ2v) is 6.01. The van der Waals surface area contributed by atoms with Crippen molar-refractivity contribution in [3.8, 4) is 0 Å². The molecule has 0 radical (unpaired) electrons. The summed E-state index contributed by atoms with van der Waals surface area (Å²) in [6.45, 7) is 5.46. The molecule has 0 unspecified atom stereocenters. The van der Waals surface area contributed by atoms with E-state index >= 15 is 0 Å². The monoisotopic (exact) mass is 257 g/mol. The second kappa shape index (κ2) is 5.06. The van der Waals surface area contributed by atoms with Crippen LogP contribution in [0.1, 0.15) is 19.4 Å². The van der Waals surface area contributed by atoms with Gasteiger partial charge in [0.2, 0.25) is 0 Å². The van der Waals surface area contributed by atoms with Gasteiger partial charge in [-0.05, 0) is 26.0 Å². The third-order valence-corrected chi connectivity index (χ3v) is 3.36. The van der Waals surface area contributed by atoms with Gasteiger partial charge in [0.05, 0.1) is 6.54 Å². The number of aromatic nitrogens is 1. The van der Waals surface area contributed by atoms with Crippen LogP contribution in [0.2, 0.25) is 0 Å². The molecule has 0 amide bonds. The van der Waals surface area contributed by atoms with Crippen LogP contribution in [-0.2, 0) is 0 Å². The van der Waals surface area contributed by atoms with Crippen molar-refractivity contribution in [2.24, 2.45) is 5.10 Å². The highest BCUT2D eigenvalue weighted by atomic mass is 35.5. The van der Waals surface area contributed by atoms with Crippen LogP contribution >= 0.6 is 24.2 Å². The molecule has 3 nitrogen and oxygen atoms in total. The lowest BCUT2D eigenvalue weighted by atomic mass is 10.2. The lowest BCUT2D eigenvalue weighted by Gasteiger charge is -2.33. The van der Waals surface area contributed by atoms with E-state index in [0.29, 0.717) is 0 Å². The van der Waals surface area contributed by atoms with Gasteiger partial charge in [0, 0.05) is 29.8 Å². The largest absolute Gasteiger partial charge is 0.298 e. The summed E-state index contributed by atoms with van der Waals surface area (Å²) < 4.78 is 0.217. The van der Waals surface area contributed by atoms with Gasteiger partial charge < -0.3 is 0 Å². The number of nitrogens with zero attached hydrogens (tertiary/aromatic N) is 3. The Hall–Kier alpha value is -0.740. The number of halogens is 1. The van der Waals surface area contributed by atoms with Crippen molar-refractivity contribution in [3.63, 3.8) is 0 Å². The number of hydrogen-bond donors (Lipinski definition) is 0. The van der Waals surface area contributed by atoms with Crippen molar-refractivity contribution >= 4 is 29.2 Å². The molecule has 0 saturated heterocycles. The van der Waals surface area contributed by atoms with Crippen LogP contribution in [0, 0.1) is 0 Å². The highest BCUT2D eigenvalue weighted by molar-refractivity contribution is 8.15. The zero-order valence-electron chi connectivity index (χ0n) is 9.67. The van der Waals surface area contributed by atoms with Gasteiger partial charge in [-0.15, -0.1) is 12.4 Å². The third-order valence-electron chi connectivity index (χ3n) is 2.17. The maximum Gasteiger partial charge on any atom is 0.124 e. The van der Waals surface area contributed by atoms with E-state index in [1.165, 1.54) is 0 Å². The van der Waals surface area contributed by atoms with Gasteiger partial charge >= 0.3 is 0 Å².